The van der Waals surface area contributed by atoms with Crippen LogP contribution in [0.25, 0.3) is 0 Å². The third-order valence-electron chi connectivity index (χ3n) is 4.70. The molecule has 0 bridgehead atoms. The Morgan fingerprint density at radius 1 is 1.00 bits per heavy atom. The second-order valence-electron chi connectivity index (χ2n) is 6.77. The highest BCUT2D eigenvalue weighted by Crippen LogP contribution is 2.29. The fraction of sp³-hybridized carbons (Fsp3) is 0.292. The fourth-order valence-corrected chi connectivity index (χ4v) is 3.85. The Morgan fingerprint density at radius 3 is 2.50 bits per heavy atom. The first-order chi connectivity index (χ1) is 13.7. The van der Waals surface area contributed by atoms with Crippen LogP contribution in [0.2, 0.25) is 0 Å². The van der Waals surface area contributed by atoms with Crippen molar-refractivity contribution in [3.63, 3.8) is 0 Å². The lowest BCUT2D eigenvalue weighted by Gasteiger charge is -2.14. The highest BCUT2D eigenvalue weighted by Gasteiger charge is 2.20. The number of ether oxygens (including phenoxy) is 1. The van der Waals surface area contributed by atoms with Gasteiger partial charge in [0.25, 0.3) is 0 Å². The molecule has 0 aliphatic heterocycles. The number of benzene rings is 2. The molecule has 0 spiro atoms. The first kappa shape index (κ1) is 20.3. The van der Waals surface area contributed by atoms with Gasteiger partial charge in [0.05, 0.1) is 6.61 Å². The molecule has 1 heterocycles. The number of aliphatic hydroxyl groups excluding tert-OH is 1. The van der Waals surface area contributed by atoms with Gasteiger partial charge in [-0.15, -0.1) is 11.3 Å². The molecule has 0 amide bonds. The van der Waals surface area contributed by atoms with Gasteiger partial charge in [0.1, 0.15) is 11.9 Å². The average molecular weight is 395 g/mol. The molecular weight excluding hydrogens is 368 g/mol. The van der Waals surface area contributed by atoms with Crippen LogP contribution < -0.4 is 4.74 Å². The highest BCUT2D eigenvalue weighted by atomic mass is 32.1. The Kier molecular flexibility index (Phi) is 7.40. The first-order valence-electron chi connectivity index (χ1n) is 9.78. The third-order valence-corrected chi connectivity index (χ3v) is 5.62. The number of ketones is 1. The van der Waals surface area contributed by atoms with Gasteiger partial charge >= 0.3 is 0 Å². The van der Waals surface area contributed by atoms with Crippen LogP contribution in [0.5, 0.6) is 5.75 Å². The number of unbranched alkanes of at least 4 members (excludes halogenated alkanes) is 3. The summed E-state index contributed by atoms with van der Waals surface area (Å²) in [5.74, 6) is 0.681. The van der Waals surface area contributed by atoms with Crippen LogP contribution in [0.1, 0.15) is 65.1 Å². The Hall–Kier alpha value is -2.43. The van der Waals surface area contributed by atoms with E-state index >= 15 is 0 Å². The minimum atomic E-state index is -0.800. The minimum absolute atomic E-state index is 0.0966. The normalized spacial score (nSPS) is 11.9. The fourth-order valence-electron chi connectivity index (χ4n) is 3.12. The zero-order valence-corrected chi connectivity index (χ0v) is 17.0. The smallest absolute Gasteiger partial charge is 0.193 e. The Labute approximate surface area is 170 Å². The Morgan fingerprint density at radius 2 is 1.79 bits per heavy atom. The van der Waals surface area contributed by atoms with Crippen LogP contribution in [-0.2, 0) is 0 Å². The van der Waals surface area contributed by atoms with Crippen molar-refractivity contribution in [2.45, 2.75) is 38.7 Å². The quantitative estimate of drug-likeness (QED) is 0.338. The van der Waals surface area contributed by atoms with E-state index in [-0.39, 0.29) is 5.78 Å². The van der Waals surface area contributed by atoms with E-state index in [4.69, 9.17) is 4.74 Å². The van der Waals surface area contributed by atoms with Gasteiger partial charge in [0.15, 0.2) is 5.78 Å². The molecule has 0 saturated heterocycles. The number of hydrogen-bond donors (Lipinski definition) is 1. The molecule has 1 aromatic heterocycles. The molecule has 146 valence electrons. The zero-order chi connectivity index (χ0) is 19.8. The largest absolute Gasteiger partial charge is 0.494 e. The number of thiophene rings is 1. The highest BCUT2D eigenvalue weighted by molar-refractivity contribution is 7.10. The summed E-state index contributed by atoms with van der Waals surface area (Å²) in [4.78, 5) is 13.9. The van der Waals surface area contributed by atoms with Crippen LogP contribution in [0.4, 0.5) is 0 Å². The average Bonchev–Trinajstić information content (AvgIpc) is 3.28. The summed E-state index contributed by atoms with van der Waals surface area (Å²) < 4.78 is 5.75. The van der Waals surface area contributed by atoms with E-state index in [2.05, 4.69) is 6.92 Å². The van der Waals surface area contributed by atoms with Crippen molar-refractivity contribution >= 4 is 17.1 Å². The molecule has 28 heavy (non-hydrogen) atoms. The number of rotatable bonds is 10. The monoisotopic (exact) mass is 394 g/mol. The van der Waals surface area contributed by atoms with E-state index in [1.54, 1.807) is 18.2 Å². The first-order valence-corrected chi connectivity index (χ1v) is 10.7. The van der Waals surface area contributed by atoms with Gasteiger partial charge in [0, 0.05) is 16.0 Å². The lowest BCUT2D eigenvalue weighted by Crippen LogP contribution is -2.09. The second kappa shape index (κ2) is 10.2. The van der Waals surface area contributed by atoms with Crippen LogP contribution in [-0.4, -0.2) is 17.5 Å². The summed E-state index contributed by atoms with van der Waals surface area (Å²) in [6.45, 7) is 2.89. The molecule has 0 aliphatic rings. The predicted molar refractivity (Wildman–Crippen MR) is 114 cm³/mol. The molecule has 1 atom stereocenters. The Bertz CT molecular complexity index is 869. The van der Waals surface area contributed by atoms with Crippen LogP contribution in [0.3, 0.4) is 0 Å². The maximum Gasteiger partial charge on any atom is 0.193 e. The third kappa shape index (κ3) is 5.09. The maximum absolute atomic E-state index is 13.0. The topological polar surface area (TPSA) is 46.5 Å². The van der Waals surface area contributed by atoms with Gasteiger partial charge in [-0.1, -0.05) is 56.5 Å². The van der Waals surface area contributed by atoms with Crippen LogP contribution in [0.15, 0.2) is 66.0 Å². The SMILES string of the molecule is CCCCCCOc1ccc(C(=O)c2ccccc2C(O)c2cccs2)cc1. The van der Waals surface area contributed by atoms with E-state index in [0.717, 1.165) is 17.0 Å². The number of aliphatic hydroxyl groups is 1. The molecule has 3 nitrogen and oxygen atoms in total. The van der Waals surface area contributed by atoms with Crippen molar-refractivity contribution in [1.82, 2.24) is 0 Å². The van der Waals surface area contributed by atoms with E-state index in [1.165, 1.54) is 30.6 Å². The number of carbonyl (C=O) groups excluding carboxylic acids is 1. The summed E-state index contributed by atoms with van der Waals surface area (Å²) in [5, 5.41) is 12.6. The van der Waals surface area contributed by atoms with E-state index in [0.29, 0.717) is 23.3 Å². The molecule has 4 heteroatoms. The van der Waals surface area contributed by atoms with Crippen molar-refractivity contribution < 1.29 is 14.6 Å². The van der Waals surface area contributed by atoms with Crippen molar-refractivity contribution in [1.29, 1.82) is 0 Å². The predicted octanol–water partition coefficient (Wildman–Crippen LogP) is 6.02. The molecule has 3 aromatic rings. The maximum atomic E-state index is 13.0. The Balaban J connectivity index is 1.71. The number of carbonyl (C=O) groups is 1. The number of hydrogen-bond acceptors (Lipinski definition) is 4. The molecule has 1 N–H and O–H groups in total. The van der Waals surface area contributed by atoms with Crippen molar-refractivity contribution in [3.8, 4) is 5.75 Å². The van der Waals surface area contributed by atoms with Gasteiger partial charge in [-0.25, -0.2) is 0 Å². The van der Waals surface area contributed by atoms with Crippen molar-refractivity contribution in [2.24, 2.45) is 0 Å². The molecule has 0 saturated carbocycles. The summed E-state index contributed by atoms with van der Waals surface area (Å²) in [6, 6.07) is 18.3. The lowest BCUT2D eigenvalue weighted by molar-refractivity contribution is 0.103. The van der Waals surface area contributed by atoms with Crippen molar-refractivity contribution in [2.75, 3.05) is 6.61 Å². The summed E-state index contributed by atoms with van der Waals surface area (Å²) in [6.07, 6.45) is 3.86. The van der Waals surface area contributed by atoms with Crippen LogP contribution >= 0.6 is 11.3 Å². The van der Waals surface area contributed by atoms with Crippen LogP contribution in [0, 0.1) is 0 Å². The van der Waals surface area contributed by atoms with Gasteiger partial charge in [-0.05, 0) is 47.7 Å². The molecule has 3 rings (SSSR count). The summed E-state index contributed by atoms with van der Waals surface area (Å²) >= 11 is 1.48. The van der Waals surface area contributed by atoms with Gasteiger partial charge in [0.2, 0.25) is 0 Å². The van der Waals surface area contributed by atoms with Gasteiger partial charge in [-0.2, -0.15) is 0 Å². The van der Waals surface area contributed by atoms with Gasteiger partial charge in [-0.3, -0.25) is 4.79 Å². The molecule has 1 unspecified atom stereocenters. The van der Waals surface area contributed by atoms with Crippen molar-refractivity contribution in [3.05, 3.63) is 87.6 Å². The minimum Gasteiger partial charge on any atom is -0.494 e. The second-order valence-corrected chi connectivity index (χ2v) is 7.75. The van der Waals surface area contributed by atoms with E-state index in [1.807, 2.05) is 47.8 Å². The van der Waals surface area contributed by atoms with E-state index in [9.17, 15) is 9.90 Å². The summed E-state index contributed by atoms with van der Waals surface area (Å²) in [5.41, 5.74) is 1.74. The molecule has 0 radical (unpaired) electrons. The molecular formula is C24H26O3S. The summed E-state index contributed by atoms with van der Waals surface area (Å²) in [7, 11) is 0. The standard InChI is InChI=1S/C24H26O3S/c1-2-3-4-7-16-27-19-14-12-18(13-15-19)23(25)20-9-5-6-10-21(20)24(26)22-11-8-17-28-22/h5-6,8-15,17,24,26H,2-4,7,16H2,1H3. The zero-order valence-electron chi connectivity index (χ0n) is 16.1. The lowest BCUT2D eigenvalue weighted by atomic mass is 9.95. The molecule has 0 aliphatic carbocycles. The molecule has 2 aromatic carbocycles. The molecule has 0 fully saturated rings. The van der Waals surface area contributed by atoms with Gasteiger partial charge < -0.3 is 9.84 Å². The van der Waals surface area contributed by atoms with E-state index < -0.39 is 6.10 Å².